The summed E-state index contributed by atoms with van der Waals surface area (Å²) in [5.41, 5.74) is 1.12. The number of carbonyl (C=O) groups excluding carboxylic acids is 5. The standard InChI is InChI=1S/C25H31ClN8O7/c1-3-13(2)23(29-20(36)10-19-30-32-33-31-19)25(41)27-12-21(37)34-16-7-5-4-6-14(16)8-17(34)24(40)28-15(9-22(38)39)18(35)11-26/h4-7,13,15,17,23H,3,8-12H2,1-2H3,(H,27,41)(H,28,40)(H,29,36)(H,38,39)(H,30,31,32,33)/t13-,15?,17-,23-/m0/s1. The number of aromatic amines is 1. The first-order chi connectivity index (χ1) is 19.5. The number of nitrogens with zero attached hydrogens (tertiary/aromatic N) is 4. The van der Waals surface area contributed by atoms with Crippen LogP contribution < -0.4 is 20.9 Å². The minimum atomic E-state index is -1.37. The van der Waals surface area contributed by atoms with Crippen LogP contribution in [0.2, 0.25) is 0 Å². The monoisotopic (exact) mass is 590 g/mol. The smallest absolute Gasteiger partial charge is 0.305 e. The molecule has 0 bridgehead atoms. The molecule has 3 rings (SSSR count). The molecule has 0 saturated carbocycles. The number of ketones is 1. The zero-order valence-corrected chi connectivity index (χ0v) is 23.2. The number of H-pyrrole nitrogens is 1. The molecule has 0 saturated heterocycles. The summed E-state index contributed by atoms with van der Waals surface area (Å²) in [4.78, 5) is 76.8. The summed E-state index contributed by atoms with van der Waals surface area (Å²) in [6, 6.07) is 3.36. The maximum atomic E-state index is 13.4. The molecule has 4 amide bonds. The molecule has 0 fully saturated rings. The lowest BCUT2D eigenvalue weighted by atomic mass is 9.98. The van der Waals surface area contributed by atoms with Gasteiger partial charge < -0.3 is 21.1 Å². The number of tetrazole rings is 1. The molecule has 0 spiro atoms. The Balaban J connectivity index is 1.72. The maximum Gasteiger partial charge on any atom is 0.305 e. The van der Waals surface area contributed by atoms with Crippen molar-refractivity contribution in [2.45, 2.75) is 57.7 Å². The van der Waals surface area contributed by atoms with Crippen LogP contribution in [0.5, 0.6) is 0 Å². The van der Waals surface area contributed by atoms with Gasteiger partial charge in [-0.1, -0.05) is 43.7 Å². The van der Waals surface area contributed by atoms with Crippen molar-refractivity contribution in [1.82, 2.24) is 36.6 Å². The van der Waals surface area contributed by atoms with E-state index in [9.17, 15) is 28.8 Å². The van der Waals surface area contributed by atoms with Gasteiger partial charge in [0, 0.05) is 12.1 Å². The van der Waals surface area contributed by atoms with E-state index < -0.39 is 72.4 Å². The number of amides is 4. The summed E-state index contributed by atoms with van der Waals surface area (Å²) in [7, 11) is 0. The molecule has 0 aliphatic carbocycles. The van der Waals surface area contributed by atoms with E-state index in [1.54, 1.807) is 31.2 Å². The predicted molar refractivity (Wildman–Crippen MR) is 144 cm³/mol. The Kier molecular flexibility index (Phi) is 10.9. The van der Waals surface area contributed by atoms with Crippen LogP contribution in [-0.4, -0.2) is 91.7 Å². The molecular weight excluding hydrogens is 560 g/mol. The number of aromatic nitrogens is 4. The molecule has 15 nitrogen and oxygen atoms in total. The van der Waals surface area contributed by atoms with Crippen LogP contribution in [-0.2, 0) is 41.6 Å². The average Bonchev–Trinajstić information content (AvgIpc) is 3.60. The first-order valence-corrected chi connectivity index (χ1v) is 13.4. The molecule has 1 aliphatic rings. The summed E-state index contributed by atoms with van der Waals surface area (Å²) in [6.07, 6.45) is -0.213. The van der Waals surface area contributed by atoms with Gasteiger partial charge in [0.05, 0.1) is 31.3 Å². The third kappa shape index (κ3) is 8.06. The third-order valence-electron chi connectivity index (χ3n) is 6.70. The number of hydrogen-bond acceptors (Lipinski definition) is 9. The number of fused-ring (bicyclic) bond motifs is 1. The van der Waals surface area contributed by atoms with Crippen molar-refractivity contribution in [2.75, 3.05) is 17.3 Å². The number of rotatable bonds is 14. The zero-order valence-electron chi connectivity index (χ0n) is 22.4. The van der Waals surface area contributed by atoms with Crippen LogP contribution in [0.25, 0.3) is 0 Å². The quantitative estimate of drug-likeness (QED) is 0.171. The molecule has 2 aromatic rings. The van der Waals surface area contributed by atoms with Crippen molar-refractivity contribution in [3.05, 3.63) is 35.7 Å². The van der Waals surface area contributed by atoms with Crippen LogP contribution >= 0.6 is 11.6 Å². The van der Waals surface area contributed by atoms with Crippen molar-refractivity contribution in [1.29, 1.82) is 0 Å². The number of anilines is 1. The lowest BCUT2D eigenvalue weighted by Crippen LogP contribution is -2.56. The first-order valence-electron chi connectivity index (χ1n) is 12.9. The Bertz CT molecular complexity index is 1290. The molecule has 4 atom stereocenters. The zero-order chi connectivity index (χ0) is 30.1. The minimum absolute atomic E-state index is 0.109. The van der Waals surface area contributed by atoms with Crippen LogP contribution in [0.15, 0.2) is 24.3 Å². The second-order valence-corrected chi connectivity index (χ2v) is 9.79. The van der Waals surface area contributed by atoms with Gasteiger partial charge in [-0.15, -0.1) is 21.8 Å². The molecule has 2 heterocycles. The number of carbonyl (C=O) groups is 6. The van der Waals surface area contributed by atoms with Crippen molar-refractivity contribution in [3.63, 3.8) is 0 Å². The number of benzene rings is 1. The van der Waals surface area contributed by atoms with E-state index in [2.05, 4.69) is 36.6 Å². The van der Waals surface area contributed by atoms with Crippen molar-refractivity contribution in [3.8, 4) is 0 Å². The Hall–Kier alpha value is -4.40. The van der Waals surface area contributed by atoms with E-state index in [0.29, 0.717) is 17.7 Å². The Morgan fingerprint density at radius 2 is 1.90 bits per heavy atom. The van der Waals surface area contributed by atoms with Crippen LogP contribution in [0, 0.1) is 5.92 Å². The highest BCUT2D eigenvalue weighted by molar-refractivity contribution is 6.28. The summed E-state index contributed by atoms with van der Waals surface area (Å²) in [5.74, 6) is -5.09. The second kappa shape index (κ2) is 14.3. The van der Waals surface area contributed by atoms with Crippen molar-refractivity contribution < 1.29 is 33.9 Å². The molecule has 1 unspecified atom stereocenters. The molecular formula is C25H31ClN8O7. The van der Waals surface area contributed by atoms with E-state index in [4.69, 9.17) is 16.7 Å². The topological polar surface area (TPSA) is 216 Å². The van der Waals surface area contributed by atoms with Crippen LogP contribution in [0.3, 0.4) is 0 Å². The molecule has 0 radical (unpaired) electrons. The van der Waals surface area contributed by atoms with Crippen LogP contribution in [0.4, 0.5) is 5.69 Å². The van der Waals surface area contributed by atoms with E-state index in [-0.39, 0.29) is 24.6 Å². The van der Waals surface area contributed by atoms with Crippen molar-refractivity contribution >= 4 is 52.7 Å². The fourth-order valence-corrected chi connectivity index (χ4v) is 4.56. The van der Waals surface area contributed by atoms with Gasteiger partial charge in [0.1, 0.15) is 12.1 Å². The van der Waals surface area contributed by atoms with Gasteiger partial charge in [0.25, 0.3) is 0 Å². The largest absolute Gasteiger partial charge is 0.481 e. The molecule has 16 heteroatoms. The molecule has 41 heavy (non-hydrogen) atoms. The highest BCUT2D eigenvalue weighted by Gasteiger charge is 2.40. The molecule has 1 aromatic heterocycles. The number of carboxylic acid groups (broad SMARTS) is 1. The summed E-state index contributed by atoms with van der Waals surface area (Å²) < 4.78 is 0. The lowest BCUT2D eigenvalue weighted by Gasteiger charge is -2.27. The van der Waals surface area contributed by atoms with Gasteiger partial charge in [-0.2, -0.15) is 5.21 Å². The van der Waals surface area contributed by atoms with E-state index >= 15 is 0 Å². The number of halogens is 1. The molecule has 1 aromatic carbocycles. The number of alkyl halides is 1. The Morgan fingerprint density at radius 1 is 1.17 bits per heavy atom. The third-order valence-corrected chi connectivity index (χ3v) is 6.96. The van der Waals surface area contributed by atoms with E-state index in [1.165, 1.54) is 4.90 Å². The fourth-order valence-electron chi connectivity index (χ4n) is 4.37. The number of aliphatic carboxylic acids is 1. The molecule has 5 N–H and O–H groups in total. The van der Waals surface area contributed by atoms with Gasteiger partial charge in [-0.25, -0.2) is 0 Å². The number of carboxylic acids is 1. The van der Waals surface area contributed by atoms with E-state index in [1.807, 2.05) is 6.92 Å². The van der Waals surface area contributed by atoms with Gasteiger partial charge in [0.2, 0.25) is 23.6 Å². The summed E-state index contributed by atoms with van der Waals surface area (Å²) in [6.45, 7) is 3.12. The van der Waals surface area contributed by atoms with Gasteiger partial charge in [-0.05, 0) is 17.5 Å². The maximum absolute atomic E-state index is 13.4. The highest BCUT2D eigenvalue weighted by Crippen LogP contribution is 2.32. The Labute approximate surface area is 239 Å². The fraction of sp³-hybridized carbons (Fsp3) is 0.480. The summed E-state index contributed by atoms with van der Waals surface area (Å²) >= 11 is 5.59. The normalized spacial score (nSPS) is 16.2. The van der Waals surface area contributed by atoms with Gasteiger partial charge in [-0.3, -0.25) is 33.7 Å². The number of nitrogens with one attached hydrogen (secondary N) is 4. The molecule has 220 valence electrons. The van der Waals surface area contributed by atoms with Gasteiger partial charge in [0.15, 0.2) is 11.6 Å². The van der Waals surface area contributed by atoms with Crippen LogP contribution in [0.1, 0.15) is 38.1 Å². The van der Waals surface area contributed by atoms with Gasteiger partial charge >= 0.3 is 5.97 Å². The summed E-state index contributed by atoms with van der Waals surface area (Å²) in [5, 5.41) is 29.8. The lowest BCUT2D eigenvalue weighted by molar-refractivity contribution is -0.140. The SMILES string of the molecule is CC[C@H](C)[C@H](NC(=O)Cc1nn[nH]n1)C(=O)NCC(=O)N1c2ccccc2C[C@H]1C(=O)NC(CC(=O)O)C(=O)CCl. The first kappa shape index (κ1) is 31.1. The second-order valence-electron chi connectivity index (χ2n) is 9.52. The minimum Gasteiger partial charge on any atom is -0.481 e. The Morgan fingerprint density at radius 3 is 2.54 bits per heavy atom. The number of para-hydroxylation sites is 1. The van der Waals surface area contributed by atoms with Crippen molar-refractivity contribution in [2.24, 2.45) is 5.92 Å². The predicted octanol–water partition coefficient (Wildman–Crippen LogP) is -0.885. The van der Waals surface area contributed by atoms with E-state index in [0.717, 1.165) is 0 Å². The molecule has 1 aliphatic heterocycles. The number of Topliss-reactive ketones (excluding diaryl/α,β-unsaturated/α-hetero) is 1. The highest BCUT2D eigenvalue weighted by atomic mass is 35.5. The number of hydrogen-bond donors (Lipinski definition) is 5. The average molecular weight is 591 g/mol.